The van der Waals surface area contributed by atoms with E-state index < -0.39 is 16.0 Å². The zero-order valence-corrected chi connectivity index (χ0v) is 13.1. The smallest absolute Gasteiger partial charge is 0.307 e. The summed E-state index contributed by atoms with van der Waals surface area (Å²) in [6, 6.07) is 6.24. The molecule has 0 aliphatic carbocycles. The molecule has 1 aromatic heterocycles. The number of aryl methyl sites for hydroxylation is 2. The predicted molar refractivity (Wildman–Crippen MR) is 80.2 cm³/mol. The van der Waals surface area contributed by atoms with E-state index in [1.54, 1.807) is 38.1 Å². The van der Waals surface area contributed by atoms with Crippen molar-refractivity contribution in [1.29, 1.82) is 0 Å². The SMILES string of the molecule is Cc1nc(C)c(S(=O)(=O)Nc2ccc(CC(=O)O)cc2)s1. The molecule has 21 heavy (non-hydrogen) atoms. The number of thiazole rings is 1. The van der Waals surface area contributed by atoms with Crippen LogP contribution in [0.3, 0.4) is 0 Å². The van der Waals surface area contributed by atoms with Crippen LogP contribution in [-0.4, -0.2) is 24.5 Å². The minimum atomic E-state index is -3.67. The second kappa shape index (κ2) is 5.82. The summed E-state index contributed by atoms with van der Waals surface area (Å²) in [5.74, 6) is -0.931. The van der Waals surface area contributed by atoms with Crippen LogP contribution in [0.5, 0.6) is 0 Å². The van der Waals surface area contributed by atoms with Gasteiger partial charge in [-0.1, -0.05) is 12.1 Å². The molecule has 0 atom stereocenters. The Hall–Kier alpha value is -1.93. The number of sulfonamides is 1. The van der Waals surface area contributed by atoms with Crippen molar-refractivity contribution in [2.45, 2.75) is 24.5 Å². The van der Waals surface area contributed by atoms with Gasteiger partial charge in [0.15, 0.2) is 4.21 Å². The Kier molecular flexibility index (Phi) is 4.29. The minimum Gasteiger partial charge on any atom is -0.481 e. The zero-order valence-electron chi connectivity index (χ0n) is 11.5. The molecule has 2 rings (SSSR count). The quantitative estimate of drug-likeness (QED) is 0.878. The van der Waals surface area contributed by atoms with Crippen LogP contribution < -0.4 is 4.72 Å². The largest absolute Gasteiger partial charge is 0.481 e. The molecule has 0 aliphatic heterocycles. The van der Waals surface area contributed by atoms with E-state index in [1.807, 2.05) is 0 Å². The summed E-state index contributed by atoms with van der Waals surface area (Å²) in [5, 5.41) is 9.37. The Balaban J connectivity index is 2.21. The third-order valence-electron chi connectivity index (χ3n) is 2.67. The van der Waals surface area contributed by atoms with Gasteiger partial charge < -0.3 is 5.11 Å². The zero-order chi connectivity index (χ0) is 15.6. The molecule has 0 unspecified atom stereocenters. The number of carbonyl (C=O) groups is 1. The van der Waals surface area contributed by atoms with Gasteiger partial charge in [0.2, 0.25) is 0 Å². The van der Waals surface area contributed by atoms with Crippen molar-refractivity contribution in [3.8, 4) is 0 Å². The van der Waals surface area contributed by atoms with E-state index in [4.69, 9.17) is 5.11 Å². The Morgan fingerprint density at radius 1 is 1.29 bits per heavy atom. The Bertz CT molecular complexity index is 764. The third-order valence-corrected chi connectivity index (χ3v) is 5.73. The Labute approximate surface area is 126 Å². The van der Waals surface area contributed by atoms with Crippen LogP contribution in [-0.2, 0) is 21.2 Å². The standard InChI is InChI=1S/C13H14N2O4S2/c1-8-13(20-9(2)14-8)21(18,19)15-11-5-3-10(4-6-11)7-12(16)17/h3-6,15H,7H2,1-2H3,(H,16,17). The van der Waals surface area contributed by atoms with E-state index in [1.165, 1.54) is 0 Å². The summed E-state index contributed by atoms with van der Waals surface area (Å²) in [5.41, 5.74) is 1.46. The van der Waals surface area contributed by atoms with Crippen LogP contribution in [0, 0.1) is 13.8 Å². The molecule has 0 amide bonds. The average molecular weight is 326 g/mol. The number of anilines is 1. The average Bonchev–Trinajstić information content (AvgIpc) is 2.71. The van der Waals surface area contributed by atoms with Gasteiger partial charge in [0.05, 0.1) is 17.1 Å². The molecule has 0 aliphatic rings. The second-order valence-electron chi connectivity index (χ2n) is 4.48. The first-order valence-electron chi connectivity index (χ1n) is 6.05. The maximum Gasteiger partial charge on any atom is 0.307 e. The highest BCUT2D eigenvalue weighted by atomic mass is 32.2. The summed E-state index contributed by atoms with van der Waals surface area (Å²) >= 11 is 1.11. The number of benzene rings is 1. The third kappa shape index (κ3) is 3.79. The van der Waals surface area contributed by atoms with E-state index in [2.05, 4.69) is 9.71 Å². The van der Waals surface area contributed by atoms with Crippen LogP contribution in [0.2, 0.25) is 0 Å². The molecule has 0 saturated carbocycles. The van der Waals surface area contributed by atoms with Crippen LogP contribution in [0.25, 0.3) is 0 Å². The van der Waals surface area contributed by atoms with Gasteiger partial charge in [-0.25, -0.2) is 13.4 Å². The molecule has 0 spiro atoms. The number of rotatable bonds is 5. The lowest BCUT2D eigenvalue weighted by atomic mass is 10.1. The van der Waals surface area contributed by atoms with Crippen molar-refractivity contribution in [2.75, 3.05) is 4.72 Å². The lowest BCUT2D eigenvalue weighted by molar-refractivity contribution is -0.136. The monoisotopic (exact) mass is 326 g/mol. The highest BCUT2D eigenvalue weighted by Gasteiger charge is 2.20. The molecule has 2 N–H and O–H groups in total. The molecular weight excluding hydrogens is 312 g/mol. The molecule has 1 aromatic carbocycles. The maximum absolute atomic E-state index is 12.3. The van der Waals surface area contributed by atoms with Gasteiger partial charge in [0.1, 0.15) is 0 Å². The molecule has 0 radical (unpaired) electrons. The molecule has 1 heterocycles. The summed E-state index contributed by atoms with van der Waals surface area (Å²) in [6.45, 7) is 3.39. The fourth-order valence-electron chi connectivity index (χ4n) is 1.83. The lowest BCUT2D eigenvalue weighted by Gasteiger charge is -2.07. The van der Waals surface area contributed by atoms with Crippen molar-refractivity contribution >= 4 is 33.0 Å². The van der Waals surface area contributed by atoms with E-state index in [-0.39, 0.29) is 10.6 Å². The number of carboxylic acids is 1. The van der Waals surface area contributed by atoms with Crippen LogP contribution in [0.15, 0.2) is 28.5 Å². The van der Waals surface area contributed by atoms with Crippen molar-refractivity contribution in [3.63, 3.8) is 0 Å². The van der Waals surface area contributed by atoms with Gasteiger partial charge >= 0.3 is 5.97 Å². The molecule has 0 bridgehead atoms. The molecule has 6 nitrogen and oxygen atoms in total. The first-order valence-corrected chi connectivity index (χ1v) is 8.35. The summed E-state index contributed by atoms with van der Waals surface area (Å²) in [6.07, 6.45) is -0.0970. The number of hydrogen-bond acceptors (Lipinski definition) is 5. The van der Waals surface area contributed by atoms with Gasteiger partial charge in [0.25, 0.3) is 10.0 Å². The van der Waals surface area contributed by atoms with Gasteiger partial charge in [0, 0.05) is 5.69 Å². The first kappa shape index (κ1) is 15.5. The Morgan fingerprint density at radius 2 is 1.90 bits per heavy atom. The summed E-state index contributed by atoms with van der Waals surface area (Å²) in [7, 11) is -3.67. The minimum absolute atomic E-state index is 0.0970. The number of aliphatic carboxylic acids is 1. The topological polar surface area (TPSA) is 96.4 Å². The Morgan fingerprint density at radius 3 is 2.38 bits per heavy atom. The number of aromatic nitrogens is 1. The van der Waals surface area contributed by atoms with Gasteiger partial charge in [-0.2, -0.15) is 0 Å². The first-order chi connectivity index (χ1) is 9.78. The van der Waals surface area contributed by atoms with Gasteiger partial charge in [-0.05, 0) is 31.5 Å². The number of carboxylic acid groups (broad SMARTS) is 1. The number of nitrogens with one attached hydrogen (secondary N) is 1. The fraction of sp³-hybridized carbons (Fsp3) is 0.231. The summed E-state index contributed by atoms with van der Waals surface area (Å²) < 4.78 is 27.2. The van der Waals surface area contributed by atoms with E-state index in [9.17, 15) is 13.2 Å². The van der Waals surface area contributed by atoms with Crippen molar-refractivity contribution in [2.24, 2.45) is 0 Å². The number of hydrogen-bond donors (Lipinski definition) is 2. The molecule has 0 saturated heterocycles. The van der Waals surface area contributed by atoms with Crippen molar-refractivity contribution < 1.29 is 18.3 Å². The number of nitrogens with zero attached hydrogens (tertiary/aromatic N) is 1. The fourth-order valence-corrected chi connectivity index (χ4v) is 4.37. The molecule has 112 valence electrons. The van der Waals surface area contributed by atoms with E-state index in [0.29, 0.717) is 22.0 Å². The normalized spacial score (nSPS) is 11.3. The van der Waals surface area contributed by atoms with Gasteiger partial charge in [-0.3, -0.25) is 9.52 Å². The van der Waals surface area contributed by atoms with Crippen LogP contribution >= 0.6 is 11.3 Å². The highest BCUT2D eigenvalue weighted by Crippen LogP contribution is 2.25. The molecular formula is C13H14N2O4S2. The van der Waals surface area contributed by atoms with Crippen LogP contribution in [0.1, 0.15) is 16.3 Å². The molecule has 2 aromatic rings. The van der Waals surface area contributed by atoms with E-state index in [0.717, 1.165) is 11.3 Å². The van der Waals surface area contributed by atoms with Crippen molar-refractivity contribution in [3.05, 3.63) is 40.5 Å². The maximum atomic E-state index is 12.3. The van der Waals surface area contributed by atoms with Crippen molar-refractivity contribution in [1.82, 2.24) is 4.98 Å². The van der Waals surface area contributed by atoms with E-state index >= 15 is 0 Å². The highest BCUT2D eigenvalue weighted by molar-refractivity contribution is 7.94. The second-order valence-corrected chi connectivity index (χ2v) is 7.56. The predicted octanol–water partition coefficient (Wildman–Crippen LogP) is 2.19. The lowest BCUT2D eigenvalue weighted by Crippen LogP contribution is -2.12. The summed E-state index contributed by atoms with van der Waals surface area (Å²) in [4.78, 5) is 14.7. The molecule has 0 fully saturated rings. The van der Waals surface area contributed by atoms with Gasteiger partial charge in [-0.15, -0.1) is 11.3 Å². The van der Waals surface area contributed by atoms with Crippen LogP contribution in [0.4, 0.5) is 5.69 Å². The molecule has 8 heteroatoms.